The fourth-order valence-electron chi connectivity index (χ4n) is 4.68. The Bertz CT molecular complexity index is 1310. The van der Waals surface area contributed by atoms with Crippen LogP contribution in [0, 0.1) is 0 Å². The van der Waals surface area contributed by atoms with Crippen LogP contribution < -0.4 is 22.9 Å². The first kappa shape index (κ1) is 28.9. The van der Waals surface area contributed by atoms with Gasteiger partial charge in [-0.25, -0.2) is 8.42 Å². The van der Waals surface area contributed by atoms with Gasteiger partial charge in [-0.3, -0.25) is 19.4 Å². The van der Waals surface area contributed by atoms with Crippen LogP contribution in [0.15, 0.2) is 52.4 Å². The Morgan fingerprint density at radius 2 is 1.74 bits per heavy atom. The third kappa shape index (κ3) is 6.98. The van der Waals surface area contributed by atoms with Gasteiger partial charge in [0, 0.05) is 26.1 Å². The second kappa shape index (κ2) is 12.7. The van der Waals surface area contributed by atoms with Gasteiger partial charge in [0.05, 0.1) is 4.90 Å². The van der Waals surface area contributed by atoms with Crippen molar-refractivity contribution in [3.05, 3.63) is 42.5 Å². The van der Waals surface area contributed by atoms with Crippen LogP contribution in [-0.4, -0.2) is 73.0 Å². The molecule has 0 bridgehead atoms. The van der Waals surface area contributed by atoms with Crippen LogP contribution in [0.1, 0.15) is 38.5 Å². The number of nitrogens with two attached hydrogens (primary N) is 4. The van der Waals surface area contributed by atoms with E-state index in [0.29, 0.717) is 25.7 Å². The molecule has 0 saturated carbocycles. The number of unbranched alkanes of at least 4 members (excludes halogenated alkanes) is 1. The van der Waals surface area contributed by atoms with Crippen molar-refractivity contribution in [3.8, 4) is 0 Å². The Hall–Kier alpha value is -3.71. The highest BCUT2D eigenvalue weighted by Crippen LogP contribution is 2.28. The maximum absolute atomic E-state index is 14.0. The molecule has 0 unspecified atom stereocenters. The molecule has 2 aromatic carbocycles. The number of benzene rings is 2. The fourth-order valence-corrected chi connectivity index (χ4v) is 6.37. The topological polar surface area (TPSA) is 208 Å². The normalized spacial score (nSPS) is 16.4. The third-order valence-electron chi connectivity index (χ3n) is 6.57. The lowest BCUT2D eigenvalue weighted by molar-refractivity contribution is -0.140. The number of hydrogen-bond acceptors (Lipinski definition) is 6. The molecule has 38 heavy (non-hydrogen) atoms. The average molecular weight is 546 g/mol. The van der Waals surface area contributed by atoms with E-state index in [0.717, 1.165) is 15.1 Å². The van der Waals surface area contributed by atoms with Gasteiger partial charge in [0.15, 0.2) is 5.96 Å². The van der Waals surface area contributed by atoms with Crippen LogP contribution in [0.5, 0.6) is 0 Å². The molecule has 0 spiro atoms. The summed E-state index contributed by atoms with van der Waals surface area (Å²) in [6.45, 7) is 0.495. The highest BCUT2D eigenvalue weighted by atomic mass is 32.2. The van der Waals surface area contributed by atoms with Crippen molar-refractivity contribution in [3.63, 3.8) is 0 Å². The monoisotopic (exact) mass is 545 g/mol. The molecule has 13 heteroatoms. The van der Waals surface area contributed by atoms with Gasteiger partial charge in [-0.05, 0) is 55.0 Å². The molecule has 1 saturated heterocycles. The summed E-state index contributed by atoms with van der Waals surface area (Å²) in [7, 11) is -4.22. The molecule has 3 rings (SSSR count). The highest BCUT2D eigenvalue weighted by Gasteiger charge is 2.42. The molecule has 0 aliphatic carbocycles. The van der Waals surface area contributed by atoms with Crippen molar-refractivity contribution in [1.82, 2.24) is 9.21 Å². The molecule has 2 aromatic rings. The number of guanidine groups is 1. The molecule has 3 amide bonds. The van der Waals surface area contributed by atoms with Crippen molar-refractivity contribution >= 4 is 44.5 Å². The number of likely N-dealkylation sites (tertiary alicyclic amines) is 1. The summed E-state index contributed by atoms with van der Waals surface area (Å²) >= 11 is 0. The van der Waals surface area contributed by atoms with Gasteiger partial charge in [0.25, 0.3) is 0 Å². The molecule has 2 atom stereocenters. The summed E-state index contributed by atoms with van der Waals surface area (Å²) in [6, 6.07) is 9.95. The van der Waals surface area contributed by atoms with E-state index in [1.54, 1.807) is 24.3 Å². The van der Waals surface area contributed by atoms with Crippen LogP contribution in [0.3, 0.4) is 0 Å². The lowest BCUT2D eigenvalue weighted by Crippen LogP contribution is -2.54. The number of nitrogens with zero attached hydrogens (tertiary/aromatic N) is 3. The Labute approximate surface area is 222 Å². The quantitative estimate of drug-likeness (QED) is 0.154. The van der Waals surface area contributed by atoms with E-state index in [9.17, 15) is 22.8 Å². The van der Waals surface area contributed by atoms with Gasteiger partial charge in [0.1, 0.15) is 12.1 Å². The van der Waals surface area contributed by atoms with E-state index in [1.807, 2.05) is 12.1 Å². The van der Waals surface area contributed by atoms with Gasteiger partial charge in [-0.2, -0.15) is 4.31 Å². The SMILES string of the molecule is NC(=O)CC[C@H](C(=O)N1CCC[C@H]1C(N)=O)N(CCCCN=C(N)N)S(=O)(=O)c1ccc2ccccc2c1. The lowest BCUT2D eigenvalue weighted by atomic mass is 10.1. The number of sulfonamides is 1. The number of amides is 3. The molecular formula is C25H35N7O5S. The zero-order valence-electron chi connectivity index (χ0n) is 21.2. The Morgan fingerprint density at radius 3 is 2.39 bits per heavy atom. The fraction of sp³-hybridized carbons (Fsp3) is 0.440. The predicted octanol–water partition coefficient (Wildman–Crippen LogP) is -0.00550. The smallest absolute Gasteiger partial charge is 0.243 e. The van der Waals surface area contributed by atoms with E-state index < -0.39 is 39.8 Å². The van der Waals surface area contributed by atoms with Gasteiger partial charge >= 0.3 is 0 Å². The van der Waals surface area contributed by atoms with E-state index in [1.165, 1.54) is 11.0 Å². The maximum Gasteiger partial charge on any atom is 0.243 e. The number of rotatable bonds is 13. The summed E-state index contributed by atoms with van der Waals surface area (Å²) < 4.78 is 29.2. The zero-order chi connectivity index (χ0) is 27.9. The molecule has 1 aliphatic rings. The first-order valence-corrected chi connectivity index (χ1v) is 13.9. The van der Waals surface area contributed by atoms with Crippen LogP contribution >= 0.6 is 0 Å². The van der Waals surface area contributed by atoms with E-state index in [2.05, 4.69) is 4.99 Å². The van der Waals surface area contributed by atoms with Gasteiger partial charge in [-0.1, -0.05) is 30.3 Å². The Morgan fingerprint density at radius 1 is 1.03 bits per heavy atom. The summed E-state index contributed by atoms with van der Waals surface area (Å²) in [6.07, 6.45) is 1.37. The van der Waals surface area contributed by atoms with E-state index in [4.69, 9.17) is 22.9 Å². The minimum absolute atomic E-state index is 0.00479. The maximum atomic E-state index is 14.0. The standard InChI is InChI=1S/C25H35N7O5S/c26-22(33)12-11-21(24(35)31-14-5-8-20(31)23(27)34)32(15-4-3-13-30-25(28)29)38(36,37)19-10-9-17-6-1-2-7-18(17)16-19/h1-2,6-7,9-10,16,20-21H,3-5,8,11-15H2,(H2,26,33)(H2,27,34)(H4,28,29,30)/t20-,21+/m0/s1. The van der Waals surface area contributed by atoms with E-state index in [-0.39, 0.29) is 43.3 Å². The molecule has 12 nitrogen and oxygen atoms in total. The third-order valence-corrected chi connectivity index (χ3v) is 8.47. The minimum Gasteiger partial charge on any atom is -0.370 e. The molecule has 0 radical (unpaired) electrons. The number of carbonyl (C=O) groups excluding carboxylic acids is 3. The molecule has 206 valence electrons. The first-order chi connectivity index (χ1) is 18.0. The summed E-state index contributed by atoms with van der Waals surface area (Å²) in [5.74, 6) is -2.00. The second-order valence-electron chi connectivity index (χ2n) is 9.25. The van der Waals surface area contributed by atoms with Gasteiger partial charge in [0.2, 0.25) is 27.7 Å². The number of fused-ring (bicyclic) bond motifs is 1. The minimum atomic E-state index is -4.22. The summed E-state index contributed by atoms with van der Waals surface area (Å²) in [4.78, 5) is 42.7. The number of carbonyl (C=O) groups is 3. The second-order valence-corrected chi connectivity index (χ2v) is 11.1. The van der Waals surface area contributed by atoms with Crippen LogP contribution in [0.4, 0.5) is 0 Å². The van der Waals surface area contributed by atoms with Crippen LogP contribution in [0.25, 0.3) is 10.8 Å². The Kier molecular flexibility index (Phi) is 9.64. The van der Waals surface area contributed by atoms with Crippen molar-refractivity contribution in [2.45, 2.75) is 55.5 Å². The number of hydrogen-bond donors (Lipinski definition) is 4. The number of primary amides is 2. The molecular weight excluding hydrogens is 510 g/mol. The van der Waals surface area contributed by atoms with Crippen LogP contribution in [-0.2, 0) is 24.4 Å². The van der Waals surface area contributed by atoms with Gasteiger partial charge < -0.3 is 27.8 Å². The Balaban J connectivity index is 2.02. The van der Waals surface area contributed by atoms with E-state index >= 15 is 0 Å². The van der Waals surface area contributed by atoms with Crippen LogP contribution in [0.2, 0.25) is 0 Å². The average Bonchev–Trinajstić information content (AvgIpc) is 3.37. The molecule has 1 heterocycles. The summed E-state index contributed by atoms with van der Waals surface area (Å²) in [5, 5.41) is 1.58. The molecule has 0 aromatic heterocycles. The molecule has 1 fully saturated rings. The summed E-state index contributed by atoms with van der Waals surface area (Å²) in [5.41, 5.74) is 21.7. The van der Waals surface area contributed by atoms with Crippen molar-refractivity contribution in [2.24, 2.45) is 27.9 Å². The lowest BCUT2D eigenvalue weighted by Gasteiger charge is -2.34. The van der Waals surface area contributed by atoms with Gasteiger partial charge in [-0.15, -0.1) is 0 Å². The largest absolute Gasteiger partial charge is 0.370 e. The molecule has 8 N–H and O–H groups in total. The van der Waals surface area contributed by atoms with Crippen molar-refractivity contribution in [2.75, 3.05) is 19.6 Å². The van der Waals surface area contributed by atoms with Crippen molar-refractivity contribution in [1.29, 1.82) is 0 Å². The van der Waals surface area contributed by atoms with Crippen molar-refractivity contribution < 1.29 is 22.8 Å². The predicted molar refractivity (Wildman–Crippen MR) is 144 cm³/mol. The highest BCUT2D eigenvalue weighted by molar-refractivity contribution is 7.89. The first-order valence-electron chi connectivity index (χ1n) is 12.5. The zero-order valence-corrected chi connectivity index (χ0v) is 22.0. The molecule has 1 aliphatic heterocycles. The number of aliphatic imine (C=N–C) groups is 1.